The molecule has 0 atom stereocenters. The number of anilines is 2. The first kappa shape index (κ1) is 19.9. The third kappa shape index (κ3) is 4.93. The van der Waals surface area contributed by atoms with Gasteiger partial charge < -0.3 is 20.1 Å². The SMILES string of the molecule is CCOc1ccccc1NC(=O)c1ccccc1NC(=O)c1ccc(OC)cc1. The lowest BCUT2D eigenvalue weighted by Gasteiger charge is -2.14. The summed E-state index contributed by atoms with van der Waals surface area (Å²) in [6.45, 7) is 2.37. The fourth-order valence-corrected chi connectivity index (χ4v) is 2.77. The van der Waals surface area contributed by atoms with Crippen LogP contribution in [0.25, 0.3) is 0 Å². The van der Waals surface area contributed by atoms with Crippen molar-refractivity contribution in [3.63, 3.8) is 0 Å². The topological polar surface area (TPSA) is 76.7 Å². The summed E-state index contributed by atoms with van der Waals surface area (Å²) in [5.74, 6) is 0.586. The van der Waals surface area contributed by atoms with Crippen molar-refractivity contribution in [2.45, 2.75) is 6.92 Å². The van der Waals surface area contributed by atoms with E-state index in [1.807, 2.05) is 19.1 Å². The molecule has 0 unspecified atom stereocenters. The van der Waals surface area contributed by atoms with Crippen LogP contribution >= 0.6 is 0 Å². The second-order valence-electron chi connectivity index (χ2n) is 6.11. The molecule has 0 spiro atoms. The maximum absolute atomic E-state index is 12.9. The van der Waals surface area contributed by atoms with Crippen molar-refractivity contribution in [2.75, 3.05) is 24.4 Å². The summed E-state index contributed by atoms with van der Waals surface area (Å²) in [6, 6.07) is 20.8. The molecule has 0 saturated carbocycles. The number of carbonyl (C=O) groups is 2. The largest absolute Gasteiger partial charge is 0.497 e. The second-order valence-corrected chi connectivity index (χ2v) is 6.11. The van der Waals surface area contributed by atoms with Gasteiger partial charge in [-0.25, -0.2) is 0 Å². The third-order valence-electron chi connectivity index (χ3n) is 4.21. The predicted octanol–water partition coefficient (Wildman–Crippen LogP) is 4.60. The van der Waals surface area contributed by atoms with Gasteiger partial charge in [-0.3, -0.25) is 9.59 Å². The number of benzene rings is 3. The average molecular weight is 390 g/mol. The minimum Gasteiger partial charge on any atom is -0.497 e. The highest BCUT2D eigenvalue weighted by Crippen LogP contribution is 2.26. The van der Waals surface area contributed by atoms with Gasteiger partial charge in [-0.2, -0.15) is 0 Å². The number of amides is 2. The number of hydrogen-bond donors (Lipinski definition) is 2. The summed E-state index contributed by atoms with van der Waals surface area (Å²) < 4.78 is 10.7. The molecule has 0 saturated heterocycles. The molecule has 3 aromatic rings. The van der Waals surface area contributed by atoms with Gasteiger partial charge in [0.1, 0.15) is 11.5 Å². The standard InChI is InChI=1S/C23H22N2O4/c1-3-29-21-11-7-6-10-20(21)25-23(27)18-8-4-5-9-19(18)24-22(26)16-12-14-17(28-2)15-13-16/h4-15H,3H2,1-2H3,(H,24,26)(H,25,27). The molecule has 2 N–H and O–H groups in total. The number of methoxy groups -OCH3 is 1. The average Bonchev–Trinajstić information content (AvgIpc) is 2.75. The van der Waals surface area contributed by atoms with Gasteiger partial charge in [0.2, 0.25) is 0 Å². The Bertz CT molecular complexity index is 1000. The van der Waals surface area contributed by atoms with Gasteiger partial charge in [0.05, 0.1) is 30.7 Å². The molecule has 0 radical (unpaired) electrons. The van der Waals surface area contributed by atoms with E-state index in [1.54, 1.807) is 67.8 Å². The van der Waals surface area contributed by atoms with E-state index in [-0.39, 0.29) is 11.8 Å². The minimum atomic E-state index is -0.345. The Kier molecular flexibility index (Phi) is 6.47. The van der Waals surface area contributed by atoms with Gasteiger partial charge in [0, 0.05) is 5.56 Å². The van der Waals surface area contributed by atoms with E-state index < -0.39 is 0 Å². The molecule has 0 aliphatic rings. The van der Waals surface area contributed by atoms with Crippen LogP contribution in [0.4, 0.5) is 11.4 Å². The van der Waals surface area contributed by atoms with Gasteiger partial charge in [-0.15, -0.1) is 0 Å². The van der Waals surface area contributed by atoms with Gasteiger partial charge in [-0.05, 0) is 55.5 Å². The Hall–Kier alpha value is -3.80. The summed E-state index contributed by atoms with van der Waals surface area (Å²) in [5, 5.41) is 5.65. The zero-order valence-corrected chi connectivity index (χ0v) is 16.3. The highest BCUT2D eigenvalue weighted by molar-refractivity contribution is 6.12. The third-order valence-corrected chi connectivity index (χ3v) is 4.21. The van der Waals surface area contributed by atoms with Crippen LogP contribution in [0, 0.1) is 0 Å². The Morgan fingerprint density at radius 1 is 0.793 bits per heavy atom. The Balaban J connectivity index is 1.79. The molecule has 6 heteroatoms. The van der Waals surface area contributed by atoms with Crippen molar-refractivity contribution in [1.82, 2.24) is 0 Å². The normalized spacial score (nSPS) is 10.1. The van der Waals surface area contributed by atoms with E-state index in [9.17, 15) is 9.59 Å². The number of ether oxygens (including phenoxy) is 2. The van der Waals surface area contributed by atoms with Crippen molar-refractivity contribution in [3.8, 4) is 11.5 Å². The highest BCUT2D eigenvalue weighted by atomic mass is 16.5. The zero-order valence-electron chi connectivity index (χ0n) is 16.3. The highest BCUT2D eigenvalue weighted by Gasteiger charge is 2.16. The van der Waals surface area contributed by atoms with Crippen LogP contribution in [0.2, 0.25) is 0 Å². The summed E-state index contributed by atoms with van der Waals surface area (Å²) in [4.78, 5) is 25.4. The van der Waals surface area contributed by atoms with E-state index in [4.69, 9.17) is 9.47 Å². The van der Waals surface area contributed by atoms with Crippen LogP contribution < -0.4 is 20.1 Å². The molecule has 0 heterocycles. The number of rotatable bonds is 7. The smallest absolute Gasteiger partial charge is 0.257 e. The van der Waals surface area contributed by atoms with E-state index in [0.29, 0.717) is 40.6 Å². The minimum absolute atomic E-state index is 0.317. The first-order valence-corrected chi connectivity index (χ1v) is 9.20. The number of para-hydroxylation sites is 3. The molecular formula is C23H22N2O4. The van der Waals surface area contributed by atoms with Crippen molar-refractivity contribution >= 4 is 23.2 Å². The second kappa shape index (κ2) is 9.41. The number of carbonyl (C=O) groups excluding carboxylic acids is 2. The summed E-state index contributed by atoms with van der Waals surface area (Å²) in [5.41, 5.74) is 1.79. The van der Waals surface area contributed by atoms with Crippen LogP contribution in [0.15, 0.2) is 72.8 Å². The molecule has 0 bridgehead atoms. The number of nitrogens with one attached hydrogen (secondary N) is 2. The molecule has 0 aromatic heterocycles. The van der Waals surface area contributed by atoms with Gasteiger partial charge in [0.25, 0.3) is 11.8 Å². The van der Waals surface area contributed by atoms with Crippen LogP contribution in [0.5, 0.6) is 11.5 Å². The Labute approximate surface area is 169 Å². The molecule has 0 aliphatic carbocycles. The van der Waals surface area contributed by atoms with Crippen molar-refractivity contribution in [1.29, 1.82) is 0 Å². The maximum Gasteiger partial charge on any atom is 0.257 e. The van der Waals surface area contributed by atoms with Crippen molar-refractivity contribution in [2.24, 2.45) is 0 Å². The lowest BCUT2D eigenvalue weighted by Crippen LogP contribution is -2.18. The van der Waals surface area contributed by atoms with Gasteiger partial charge >= 0.3 is 0 Å². The van der Waals surface area contributed by atoms with Gasteiger partial charge in [0.15, 0.2) is 0 Å². The molecule has 6 nitrogen and oxygen atoms in total. The molecule has 3 aromatic carbocycles. The molecule has 0 aliphatic heterocycles. The zero-order chi connectivity index (χ0) is 20.6. The van der Waals surface area contributed by atoms with E-state index >= 15 is 0 Å². The lowest BCUT2D eigenvalue weighted by atomic mass is 10.1. The Morgan fingerprint density at radius 3 is 2.10 bits per heavy atom. The summed E-state index contributed by atoms with van der Waals surface area (Å²) in [6.07, 6.45) is 0. The fourth-order valence-electron chi connectivity index (χ4n) is 2.77. The predicted molar refractivity (Wildman–Crippen MR) is 113 cm³/mol. The van der Waals surface area contributed by atoms with E-state index in [2.05, 4.69) is 10.6 Å². The maximum atomic E-state index is 12.9. The van der Waals surface area contributed by atoms with Gasteiger partial charge in [-0.1, -0.05) is 24.3 Å². The van der Waals surface area contributed by atoms with Crippen LogP contribution in [0.1, 0.15) is 27.6 Å². The lowest BCUT2D eigenvalue weighted by molar-refractivity contribution is 0.102. The molecule has 0 fully saturated rings. The van der Waals surface area contributed by atoms with Crippen LogP contribution in [0.3, 0.4) is 0 Å². The van der Waals surface area contributed by atoms with E-state index in [1.165, 1.54) is 0 Å². The quantitative estimate of drug-likeness (QED) is 0.618. The first-order chi connectivity index (χ1) is 14.1. The molecule has 3 rings (SSSR count). The summed E-state index contributed by atoms with van der Waals surface area (Å²) in [7, 11) is 1.56. The molecule has 148 valence electrons. The summed E-state index contributed by atoms with van der Waals surface area (Å²) >= 11 is 0. The fraction of sp³-hybridized carbons (Fsp3) is 0.130. The number of hydrogen-bond acceptors (Lipinski definition) is 4. The van der Waals surface area contributed by atoms with E-state index in [0.717, 1.165) is 0 Å². The Morgan fingerprint density at radius 2 is 1.41 bits per heavy atom. The molecule has 2 amide bonds. The molecular weight excluding hydrogens is 368 g/mol. The first-order valence-electron chi connectivity index (χ1n) is 9.20. The van der Waals surface area contributed by atoms with Crippen molar-refractivity contribution in [3.05, 3.63) is 83.9 Å². The van der Waals surface area contributed by atoms with Crippen molar-refractivity contribution < 1.29 is 19.1 Å². The van der Waals surface area contributed by atoms with Crippen LogP contribution in [-0.2, 0) is 0 Å². The monoisotopic (exact) mass is 390 g/mol. The molecule has 29 heavy (non-hydrogen) atoms. The van der Waals surface area contributed by atoms with Crippen LogP contribution in [-0.4, -0.2) is 25.5 Å².